The second kappa shape index (κ2) is 15.5. The second-order valence-corrected chi connectivity index (χ2v) is 23.4. The van der Waals surface area contributed by atoms with Gasteiger partial charge in [-0.2, -0.15) is 0 Å². The lowest BCUT2D eigenvalue weighted by molar-refractivity contribution is 0.568. The summed E-state index contributed by atoms with van der Waals surface area (Å²) in [5.74, 6) is 2.00. The van der Waals surface area contributed by atoms with Crippen LogP contribution >= 0.6 is 0 Å². The molecule has 60 heavy (non-hydrogen) atoms. The maximum absolute atomic E-state index is 5.42. The fraction of sp³-hybridized carbons (Fsp3) is 0.421. The molecule has 0 spiro atoms. The molecule has 0 unspecified atom stereocenters. The Morgan fingerprint density at radius 2 is 0.450 bits per heavy atom. The van der Waals surface area contributed by atoms with Crippen molar-refractivity contribution in [3.63, 3.8) is 0 Å². The van der Waals surface area contributed by atoms with Gasteiger partial charge in [0.2, 0.25) is 0 Å². The molecule has 3 nitrogen and oxygen atoms in total. The van der Waals surface area contributed by atoms with Crippen LogP contribution in [0.15, 0.2) is 103 Å². The quantitative estimate of drug-likeness (QED) is 0.174. The van der Waals surface area contributed by atoms with Crippen LogP contribution < -0.4 is 0 Å². The van der Waals surface area contributed by atoms with Gasteiger partial charge in [-0.1, -0.05) is 203 Å². The Bertz CT molecular complexity index is 2290. The fourth-order valence-corrected chi connectivity index (χ4v) is 7.38. The van der Waals surface area contributed by atoms with Crippen LogP contribution in [0.1, 0.15) is 158 Å². The Kier molecular flexibility index (Phi) is 11.6. The lowest BCUT2D eigenvalue weighted by Gasteiger charge is -2.27. The molecule has 3 heteroatoms. The summed E-state index contributed by atoms with van der Waals surface area (Å²) < 4.78 is 0. The molecule has 0 saturated carbocycles. The van der Waals surface area contributed by atoms with Crippen LogP contribution in [0.4, 0.5) is 0 Å². The average Bonchev–Trinajstić information content (AvgIpc) is 3.15. The highest BCUT2D eigenvalue weighted by molar-refractivity contribution is 5.77. The Morgan fingerprint density at radius 1 is 0.233 bits per heavy atom. The summed E-state index contributed by atoms with van der Waals surface area (Å²) in [4.78, 5) is 16.0. The summed E-state index contributed by atoms with van der Waals surface area (Å²) in [5, 5.41) is 0. The van der Waals surface area contributed by atoms with Crippen LogP contribution in [0, 0.1) is 0 Å². The van der Waals surface area contributed by atoms with Crippen molar-refractivity contribution in [2.45, 2.75) is 157 Å². The monoisotopic (exact) mass is 798 g/mol. The molecule has 6 rings (SSSR count). The molecule has 0 fully saturated rings. The second-order valence-electron chi connectivity index (χ2n) is 23.4. The van der Waals surface area contributed by atoms with E-state index in [2.05, 4.69) is 222 Å². The van der Waals surface area contributed by atoms with Crippen molar-refractivity contribution in [3.05, 3.63) is 137 Å². The third-order valence-electron chi connectivity index (χ3n) is 11.8. The highest BCUT2D eigenvalue weighted by Gasteiger charge is 2.26. The van der Waals surface area contributed by atoms with Gasteiger partial charge in [-0.25, -0.2) is 15.0 Å². The summed E-state index contributed by atoms with van der Waals surface area (Å²) in [6.07, 6.45) is 0. The van der Waals surface area contributed by atoms with Crippen LogP contribution in [0.25, 0.3) is 56.4 Å². The number of nitrogens with zero attached hydrogens (tertiary/aromatic N) is 3. The van der Waals surface area contributed by atoms with Crippen molar-refractivity contribution in [3.8, 4) is 56.4 Å². The van der Waals surface area contributed by atoms with E-state index >= 15 is 0 Å². The van der Waals surface area contributed by atoms with Crippen molar-refractivity contribution >= 4 is 0 Å². The summed E-state index contributed by atoms with van der Waals surface area (Å²) >= 11 is 0. The largest absolute Gasteiger partial charge is 0.208 e. The van der Waals surface area contributed by atoms with E-state index in [1.807, 2.05) is 6.07 Å². The molecule has 0 aliphatic carbocycles. The molecule has 0 radical (unpaired) electrons. The maximum atomic E-state index is 5.42. The van der Waals surface area contributed by atoms with E-state index in [0.29, 0.717) is 17.5 Å². The van der Waals surface area contributed by atoms with Crippen molar-refractivity contribution < 1.29 is 0 Å². The molecule has 1 heterocycles. The summed E-state index contributed by atoms with van der Waals surface area (Å²) in [5.41, 5.74) is 15.3. The van der Waals surface area contributed by atoms with E-state index in [1.165, 1.54) is 55.6 Å². The van der Waals surface area contributed by atoms with Gasteiger partial charge < -0.3 is 0 Å². The topological polar surface area (TPSA) is 38.7 Å². The summed E-state index contributed by atoms with van der Waals surface area (Å²) in [6, 6.07) is 38.6. The molecular formula is C57H71N3. The molecule has 0 aliphatic rings. The smallest absolute Gasteiger partial charge is 0.164 e. The van der Waals surface area contributed by atoms with Crippen LogP contribution in [0.3, 0.4) is 0 Å². The Balaban J connectivity index is 1.65. The number of rotatable bonds is 5. The maximum Gasteiger partial charge on any atom is 0.164 e. The van der Waals surface area contributed by atoms with E-state index in [1.54, 1.807) is 0 Å². The first-order chi connectivity index (χ1) is 27.5. The zero-order valence-electron chi connectivity index (χ0n) is 40.2. The van der Waals surface area contributed by atoms with Crippen molar-refractivity contribution in [1.82, 2.24) is 15.0 Å². The minimum Gasteiger partial charge on any atom is -0.208 e. The molecule has 0 aliphatic heterocycles. The molecule has 314 valence electrons. The predicted octanol–water partition coefficient (Wildman–Crippen LogP) is 16.0. The first-order valence-corrected chi connectivity index (χ1v) is 21.9. The number of aromatic nitrogens is 3. The van der Waals surface area contributed by atoms with Crippen LogP contribution in [-0.4, -0.2) is 15.0 Å². The molecule has 0 saturated heterocycles. The van der Waals surface area contributed by atoms with Gasteiger partial charge in [0, 0.05) is 16.7 Å². The summed E-state index contributed by atoms with van der Waals surface area (Å²) in [7, 11) is 0. The molecule has 1 aromatic heterocycles. The van der Waals surface area contributed by atoms with Crippen LogP contribution in [-0.2, 0) is 32.5 Å². The van der Waals surface area contributed by atoms with Gasteiger partial charge in [-0.15, -0.1) is 0 Å². The molecule has 0 bridgehead atoms. The molecule has 5 aromatic carbocycles. The van der Waals surface area contributed by atoms with Crippen LogP contribution in [0.5, 0.6) is 0 Å². The van der Waals surface area contributed by atoms with E-state index in [-0.39, 0.29) is 32.5 Å². The number of hydrogen-bond donors (Lipinski definition) is 0. The van der Waals surface area contributed by atoms with Crippen molar-refractivity contribution in [2.75, 3.05) is 0 Å². The highest BCUT2D eigenvalue weighted by atomic mass is 15.0. The van der Waals surface area contributed by atoms with Gasteiger partial charge in [0.1, 0.15) is 0 Å². The van der Waals surface area contributed by atoms with E-state index < -0.39 is 0 Å². The van der Waals surface area contributed by atoms with Gasteiger partial charge in [0.05, 0.1) is 0 Å². The molecule has 0 amide bonds. The zero-order chi connectivity index (χ0) is 44.4. The summed E-state index contributed by atoms with van der Waals surface area (Å²) in [6.45, 7) is 41.4. The van der Waals surface area contributed by atoms with E-state index in [0.717, 1.165) is 16.7 Å². The molecular weight excluding hydrogens is 727 g/mol. The molecule has 0 atom stereocenters. The predicted molar refractivity (Wildman–Crippen MR) is 259 cm³/mol. The minimum absolute atomic E-state index is 0.00298. The lowest BCUT2D eigenvalue weighted by atomic mass is 9.78. The number of benzene rings is 5. The molecule has 6 aromatic rings. The Hall–Kier alpha value is -4.89. The first kappa shape index (κ1) is 44.7. The SMILES string of the molecule is CC(C)(C)c1cc(-c2cc(C(C)(C)C)cc(C(C)(C)C)c2)cc(-c2nc(-c3ccccc3)nc(-c3cc(-c4cc(C(C)(C)C)cc(C(C)(C)C)c4)cc(C(C)(C)C)c3)n2)c1. The minimum atomic E-state index is -0.110. The zero-order valence-corrected chi connectivity index (χ0v) is 40.2. The van der Waals surface area contributed by atoms with Crippen LogP contribution in [0.2, 0.25) is 0 Å². The third-order valence-corrected chi connectivity index (χ3v) is 11.8. The van der Waals surface area contributed by atoms with Gasteiger partial charge in [0.15, 0.2) is 17.5 Å². The van der Waals surface area contributed by atoms with E-state index in [9.17, 15) is 0 Å². The highest BCUT2D eigenvalue weighted by Crippen LogP contribution is 2.40. The van der Waals surface area contributed by atoms with Gasteiger partial charge in [-0.3, -0.25) is 0 Å². The third kappa shape index (κ3) is 10.2. The molecule has 0 N–H and O–H groups in total. The van der Waals surface area contributed by atoms with Crippen molar-refractivity contribution in [1.29, 1.82) is 0 Å². The normalized spacial score (nSPS) is 13.2. The average molecular weight is 798 g/mol. The fourth-order valence-electron chi connectivity index (χ4n) is 7.38. The lowest BCUT2D eigenvalue weighted by Crippen LogP contribution is -2.16. The van der Waals surface area contributed by atoms with Crippen molar-refractivity contribution in [2.24, 2.45) is 0 Å². The van der Waals surface area contributed by atoms with Gasteiger partial charge in [-0.05, 0) is 112 Å². The van der Waals surface area contributed by atoms with Gasteiger partial charge in [0.25, 0.3) is 0 Å². The Morgan fingerprint density at radius 3 is 0.717 bits per heavy atom. The number of hydrogen-bond acceptors (Lipinski definition) is 3. The standard InChI is InChI=1S/C57H71N3/c1-52(2,3)43-26-37(39-28-45(54(7,8)9)34-46(29-39)55(10,11)12)24-41(32-43)50-58-49(36-22-20-19-21-23-36)59-51(60-50)42-25-38(27-44(33-42)53(4,5)6)40-30-47(56(13,14)15)35-48(31-40)57(16,17)18/h19-35H,1-18H3. The first-order valence-electron chi connectivity index (χ1n) is 21.9. The van der Waals surface area contributed by atoms with E-state index in [4.69, 9.17) is 15.0 Å². The Labute approximate surface area is 363 Å². The van der Waals surface area contributed by atoms with Gasteiger partial charge >= 0.3 is 0 Å².